The average molecular weight is 292 g/mol. The van der Waals surface area contributed by atoms with Crippen LogP contribution in [-0.2, 0) is 18.6 Å². The van der Waals surface area contributed by atoms with Crippen LogP contribution in [0.2, 0.25) is 0 Å². The quantitative estimate of drug-likeness (QED) is 0.887. The number of pyridine rings is 1. The van der Waals surface area contributed by atoms with E-state index in [0.29, 0.717) is 30.3 Å². The van der Waals surface area contributed by atoms with Gasteiger partial charge in [-0.1, -0.05) is 20.8 Å². The minimum absolute atomic E-state index is 0.300. The molecule has 6 heteroatoms. The van der Waals surface area contributed by atoms with Gasteiger partial charge in [-0.15, -0.1) is 0 Å². The van der Waals surface area contributed by atoms with Gasteiger partial charge in [0.15, 0.2) is 0 Å². The Labute approximate surface area is 123 Å². The number of hydrogen-bond donors (Lipinski definition) is 1. The number of aromatic nitrogens is 4. The normalized spacial score (nSPS) is 14.4. The van der Waals surface area contributed by atoms with Crippen molar-refractivity contribution in [1.82, 2.24) is 19.7 Å². The highest BCUT2D eigenvalue weighted by atomic mass is 19.1. The summed E-state index contributed by atoms with van der Waals surface area (Å²) in [7, 11) is 0. The van der Waals surface area contributed by atoms with E-state index >= 15 is 0 Å². The maximum atomic E-state index is 13.0. The maximum absolute atomic E-state index is 13.0. The van der Waals surface area contributed by atoms with Gasteiger partial charge in [-0.3, -0.25) is 4.98 Å². The molecule has 0 fully saturated rings. The Morgan fingerprint density at radius 2 is 2.10 bits per heavy atom. The van der Waals surface area contributed by atoms with E-state index in [0.717, 1.165) is 12.7 Å². The number of nitrogens with zero attached hydrogens (tertiary/aromatic N) is 4. The standard InChI is InChI=1S/C15H21FN4O/c1-4-15(21,13-6-5-12(16)8-17-13)7-14-18-10-19-20(14)9-11(2)3/h5-6,8,10-11,21H,4,7,9H2,1-3H3. The molecule has 2 rings (SSSR count). The summed E-state index contributed by atoms with van der Waals surface area (Å²) in [5.41, 5.74) is -0.722. The van der Waals surface area contributed by atoms with Crippen LogP contribution in [0.25, 0.3) is 0 Å². The summed E-state index contributed by atoms with van der Waals surface area (Å²) < 4.78 is 14.8. The zero-order valence-electron chi connectivity index (χ0n) is 12.6. The summed E-state index contributed by atoms with van der Waals surface area (Å²) in [6, 6.07) is 2.82. The van der Waals surface area contributed by atoms with Crippen molar-refractivity contribution in [3.63, 3.8) is 0 Å². The predicted molar refractivity (Wildman–Crippen MR) is 76.9 cm³/mol. The van der Waals surface area contributed by atoms with Crippen molar-refractivity contribution in [3.05, 3.63) is 42.0 Å². The van der Waals surface area contributed by atoms with E-state index in [1.165, 1.54) is 18.5 Å². The highest BCUT2D eigenvalue weighted by molar-refractivity contribution is 5.15. The third kappa shape index (κ3) is 3.64. The highest BCUT2D eigenvalue weighted by Gasteiger charge is 2.31. The molecule has 0 saturated carbocycles. The number of hydrogen-bond acceptors (Lipinski definition) is 4. The first-order valence-corrected chi connectivity index (χ1v) is 7.15. The molecule has 0 radical (unpaired) electrons. The second kappa shape index (κ2) is 6.30. The Kier molecular flexibility index (Phi) is 4.67. The minimum atomic E-state index is -1.17. The van der Waals surface area contributed by atoms with Gasteiger partial charge >= 0.3 is 0 Å². The van der Waals surface area contributed by atoms with Crippen molar-refractivity contribution < 1.29 is 9.50 Å². The molecule has 0 bridgehead atoms. The lowest BCUT2D eigenvalue weighted by Gasteiger charge is -2.26. The molecule has 2 heterocycles. The van der Waals surface area contributed by atoms with E-state index < -0.39 is 11.4 Å². The molecule has 2 aromatic rings. The second-order valence-corrected chi connectivity index (χ2v) is 5.68. The van der Waals surface area contributed by atoms with Crippen molar-refractivity contribution in [2.45, 2.75) is 45.8 Å². The molecule has 1 unspecified atom stereocenters. The van der Waals surface area contributed by atoms with Crippen LogP contribution in [-0.4, -0.2) is 24.9 Å². The molecule has 114 valence electrons. The molecule has 0 aliphatic rings. The van der Waals surface area contributed by atoms with Crippen molar-refractivity contribution in [2.24, 2.45) is 5.92 Å². The van der Waals surface area contributed by atoms with E-state index in [2.05, 4.69) is 28.9 Å². The van der Waals surface area contributed by atoms with Gasteiger partial charge in [-0.05, 0) is 24.5 Å². The van der Waals surface area contributed by atoms with Crippen molar-refractivity contribution in [3.8, 4) is 0 Å². The molecule has 0 amide bonds. The number of halogens is 1. The Hall–Kier alpha value is -1.82. The Bertz CT molecular complexity index is 582. The zero-order chi connectivity index (χ0) is 15.5. The Balaban J connectivity index is 2.26. The summed E-state index contributed by atoms with van der Waals surface area (Å²) >= 11 is 0. The summed E-state index contributed by atoms with van der Waals surface area (Å²) in [5.74, 6) is 0.725. The largest absolute Gasteiger partial charge is 0.383 e. The van der Waals surface area contributed by atoms with E-state index in [9.17, 15) is 9.50 Å². The van der Waals surface area contributed by atoms with Gasteiger partial charge < -0.3 is 5.11 Å². The van der Waals surface area contributed by atoms with Crippen LogP contribution in [0.4, 0.5) is 4.39 Å². The molecule has 0 saturated heterocycles. The Morgan fingerprint density at radius 1 is 1.33 bits per heavy atom. The summed E-state index contributed by atoms with van der Waals surface area (Å²) in [4.78, 5) is 8.25. The Morgan fingerprint density at radius 3 is 2.67 bits per heavy atom. The van der Waals surface area contributed by atoms with Gasteiger partial charge in [0.2, 0.25) is 0 Å². The van der Waals surface area contributed by atoms with Crippen LogP contribution in [0.1, 0.15) is 38.7 Å². The second-order valence-electron chi connectivity index (χ2n) is 5.68. The average Bonchev–Trinajstić information content (AvgIpc) is 2.85. The summed E-state index contributed by atoms with van der Waals surface area (Å²) in [6.07, 6.45) is 3.37. The molecule has 0 spiro atoms. The van der Waals surface area contributed by atoms with Crippen LogP contribution < -0.4 is 0 Å². The fourth-order valence-electron chi connectivity index (χ4n) is 2.23. The van der Waals surface area contributed by atoms with Gasteiger partial charge in [-0.2, -0.15) is 5.10 Å². The van der Waals surface area contributed by atoms with Crippen LogP contribution in [0.15, 0.2) is 24.7 Å². The molecular formula is C15H21FN4O. The van der Waals surface area contributed by atoms with Crippen LogP contribution in [0.3, 0.4) is 0 Å². The van der Waals surface area contributed by atoms with Crippen LogP contribution >= 0.6 is 0 Å². The van der Waals surface area contributed by atoms with E-state index in [1.807, 2.05) is 6.92 Å². The van der Waals surface area contributed by atoms with Crippen molar-refractivity contribution in [2.75, 3.05) is 0 Å². The maximum Gasteiger partial charge on any atom is 0.141 e. The topological polar surface area (TPSA) is 63.8 Å². The van der Waals surface area contributed by atoms with E-state index in [4.69, 9.17) is 0 Å². The molecule has 5 nitrogen and oxygen atoms in total. The molecule has 1 atom stereocenters. The molecule has 2 aromatic heterocycles. The first-order valence-electron chi connectivity index (χ1n) is 7.15. The van der Waals surface area contributed by atoms with E-state index in [1.54, 1.807) is 4.68 Å². The van der Waals surface area contributed by atoms with E-state index in [-0.39, 0.29) is 0 Å². The van der Waals surface area contributed by atoms with Gasteiger partial charge in [0, 0.05) is 13.0 Å². The summed E-state index contributed by atoms with van der Waals surface area (Å²) in [5, 5.41) is 15.0. The molecule has 0 aliphatic carbocycles. The molecule has 0 aromatic carbocycles. The SMILES string of the molecule is CCC(O)(Cc1ncnn1CC(C)C)c1ccc(F)cn1. The third-order valence-corrected chi connectivity index (χ3v) is 3.47. The fourth-order valence-corrected chi connectivity index (χ4v) is 2.23. The minimum Gasteiger partial charge on any atom is -0.383 e. The first kappa shape index (κ1) is 15.6. The fraction of sp³-hybridized carbons (Fsp3) is 0.533. The lowest BCUT2D eigenvalue weighted by atomic mass is 9.91. The van der Waals surface area contributed by atoms with Crippen molar-refractivity contribution in [1.29, 1.82) is 0 Å². The van der Waals surface area contributed by atoms with Gasteiger partial charge in [-0.25, -0.2) is 14.1 Å². The van der Waals surface area contributed by atoms with Gasteiger partial charge in [0.1, 0.15) is 23.6 Å². The molecular weight excluding hydrogens is 271 g/mol. The lowest BCUT2D eigenvalue weighted by Crippen LogP contribution is -2.31. The molecule has 21 heavy (non-hydrogen) atoms. The van der Waals surface area contributed by atoms with Crippen molar-refractivity contribution >= 4 is 0 Å². The number of aliphatic hydroxyl groups is 1. The smallest absolute Gasteiger partial charge is 0.141 e. The molecule has 0 aliphatic heterocycles. The summed E-state index contributed by atoms with van der Waals surface area (Å²) in [6.45, 7) is 6.80. The van der Waals surface area contributed by atoms with Crippen LogP contribution in [0.5, 0.6) is 0 Å². The van der Waals surface area contributed by atoms with Crippen LogP contribution in [0, 0.1) is 11.7 Å². The van der Waals surface area contributed by atoms with Gasteiger partial charge in [0.05, 0.1) is 11.9 Å². The first-order chi connectivity index (χ1) is 9.94. The predicted octanol–water partition coefficient (Wildman–Crippen LogP) is 2.31. The molecule has 1 N–H and O–H groups in total. The lowest BCUT2D eigenvalue weighted by molar-refractivity contribution is 0.0250. The monoisotopic (exact) mass is 292 g/mol. The number of rotatable bonds is 6. The highest BCUT2D eigenvalue weighted by Crippen LogP contribution is 2.27. The van der Waals surface area contributed by atoms with Gasteiger partial charge in [0.25, 0.3) is 0 Å². The third-order valence-electron chi connectivity index (χ3n) is 3.47. The zero-order valence-corrected chi connectivity index (χ0v) is 12.6.